The summed E-state index contributed by atoms with van der Waals surface area (Å²) in [5.74, 6) is -2.99. The predicted octanol–water partition coefficient (Wildman–Crippen LogP) is -1.47. The summed E-state index contributed by atoms with van der Waals surface area (Å²) in [6, 6.07) is -3.92. The largest absolute Gasteiger partial charge is 0.480 e. The first-order valence-corrected chi connectivity index (χ1v) is 10.9. The van der Waals surface area contributed by atoms with Crippen LogP contribution in [0.2, 0.25) is 0 Å². The first kappa shape index (κ1) is 26.8. The summed E-state index contributed by atoms with van der Waals surface area (Å²) in [6.07, 6.45) is 3.13. The summed E-state index contributed by atoms with van der Waals surface area (Å²) in [6.45, 7) is 3.78. The zero-order chi connectivity index (χ0) is 23.6. The Bertz CT molecular complexity index is 631. The zero-order valence-corrected chi connectivity index (χ0v) is 18.4. The number of aliphatic carboxylic acids is 1. The van der Waals surface area contributed by atoms with Crippen molar-refractivity contribution in [1.82, 2.24) is 15.5 Å². The molecule has 1 saturated heterocycles. The molecule has 1 heterocycles. The third-order valence-electron chi connectivity index (χ3n) is 5.71. The Balaban J connectivity index is 2.94. The normalized spacial score (nSPS) is 19.9. The van der Waals surface area contributed by atoms with Crippen molar-refractivity contribution in [3.05, 3.63) is 0 Å². The number of likely N-dealkylation sites (tertiary alicyclic amines) is 1. The first-order valence-electron chi connectivity index (χ1n) is 10.9. The smallest absolute Gasteiger partial charge is 0.326 e. The number of nitrogens with zero attached hydrogens (tertiary/aromatic N) is 1. The maximum atomic E-state index is 13.2. The molecule has 0 bridgehead atoms. The summed E-state index contributed by atoms with van der Waals surface area (Å²) in [5.41, 5.74) is 11.1. The van der Waals surface area contributed by atoms with Gasteiger partial charge in [0.2, 0.25) is 17.7 Å². The standard InChI is InChI=1S/C20H37N5O6/c1-3-12(2)16(20(30)31)24-18(28)15-8-6-10-25(15)19(29)14(7-4-5-9-21)23-17(27)13(22)11-26/h12-16,26H,3-11,21-22H2,1-2H3,(H,23,27)(H,24,28)(H,30,31). The van der Waals surface area contributed by atoms with Gasteiger partial charge in [-0.25, -0.2) is 4.79 Å². The highest BCUT2D eigenvalue weighted by molar-refractivity contribution is 5.94. The van der Waals surface area contributed by atoms with E-state index in [-0.39, 0.29) is 5.92 Å². The minimum Gasteiger partial charge on any atom is -0.480 e. The van der Waals surface area contributed by atoms with E-state index in [1.54, 1.807) is 6.92 Å². The fourth-order valence-corrected chi connectivity index (χ4v) is 3.55. The summed E-state index contributed by atoms with van der Waals surface area (Å²) in [5, 5.41) is 23.7. The van der Waals surface area contributed by atoms with E-state index < -0.39 is 54.5 Å². The fourth-order valence-electron chi connectivity index (χ4n) is 3.55. The lowest BCUT2D eigenvalue weighted by Gasteiger charge is -2.30. The molecule has 178 valence electrons. The van der Waals surface area contributed by atoms with Gasteiger partial charge < -0.3 is 37.2 Å². The summed E-state index contributed by atoms with van der Waals surface area (Å²) in [4.78, 5) is 51.1. The molecule has 5 unspecified atom stereocenters. The number of carboxylic acid groups (broad SMARTS) is 1. The number of carboxylic acids is 1. The van der Waals surface area contributed by atoms with Gasteiger partial charge in [-0.1, -0.05) is 20.3 Å². The SMILES string of the molecule is CCC(C)C(NC(=O)C1CCCN1C(=O)C(CCCCN)NC(=O)C(N)CO)C(=O)O. The molecule has 31 heavy (non-hydrogen) atoms. The molecule has 0 aromatic rings. The number of amides is 3. The first-order chi connectivity index (χ1) is 14.7. The Labute approximate surface area is 182 Å². The Morgan fingerprint density at radius 3 is 2.42 bits per heavy atom. The molecule has 1 aliphatic heterocycles. The molecule has 0 saturated carbocycles. The lowest BCUT2D eigenvalue weighted by Crippen LogP contribution is -2.57. The summed E-state index contributed by atoms with van der Waals surface area (Å²) in [7, 11) is 0. The Morgan fingerprint density at radius 1 is 1.19 bits per heavy atom. The van der Waals surface area contributed by atoms with E-state index >= 15 is 0 Å². The number of carbonyl (C=O) groups excluding carboxylic acids is 3. The van der Waals surface area contributed by atoms with Crippen molar-refractivity contribution in [3.8, 4) is 0 Å². The number of nitrogens with one attached hydrogen (secondary N) is 2. The summed E-state index contributed by atoms with van der Waals surface area (Å²) >= 11 is 0. The van der Waals surface area contributed by atoms with Crippen molar-refractivity contribution in [3.63, 3.8) is 0 Å². The zero-order valence-electron chi connectivity index (χ0n) is 18.4. The van der Waals surface area contributed by atoms with Crippen LogP contribution in [0.5, 0.6) is 0 Å². The van der Waals surface area contributed by atoms with Gasteiger partial charge in [-0.05, 0) is 44.6 Å². The molecule has 0 aromatic heterocycles. The minimum atomic E-state index is -1.16. The second kappa shape index (κ2) is 13.2. The van der Waals surface area contributed by atoms with Crippen LogP contribution in [0, 0.1) is 5.92 Å². The van der Waals surface area contributed by atoms with Gasteiger partial charge in [-0.3, -0.25) is 14.4 Å². The average molecular weight is 444 g/mol. The van der Waals surface area contributed by atoms with Crippen LogP contribution >= 0.6 is 0 Å². The molecule has 8 N–H and O–H groups in total. The molecular formula is C20H37N5O6. The highest BCUT2D eigenvalue weighted by atomic mass is 16.4. The number of hydrogen-bond donors (Lipinski definition) is 6. The summed E-state index contributed by atoms with van der Waals surface area (Å²) < 4.78 is 0. The van der Waals surface area contributed by atoms with Gasteiger partial charge in [0.15, 0.2) is 0 Å². The van der Waals surface area contributed by atoms with E-state index in [0.29, 0.717) is 51.6 Å². The van der Waals surface area contributed by atoms with Gasteiger partial charge in [-0.15, -0.1) is 0 Å². The van der Waals surface area contributed by atoms with E-state index in [1.165, 1.54) is 4.90 Å². The molecule has 11 heteroatoms. The highest BCUT2D eigenvalue weighted by Crippen LogP contribution is 2.21. The fraction of sp³-hybridized carbons (Fsp3) is 0.800. The second-order valence-corrected chi connectivity index (χ2v) is 8.03. The van der Waals surface area contributed by atoms with Crippen molar-refractivity contribution in [2.24, 2.45) is 17.4 Å². The molecule has 11 nitrogen and oxygen atoms in total. The number of aliphatic hydroxyl groups excluding tert-OH is 1. The molecular weight excluding hydrogens is 406 g/mol. The van der Waals surface area contributed by atoms with Crippen LogP contribution in [0.4, 0.5) is 0 Å². The number of unbranched alkanes of at least 4 members (excludes halogenated alkanes) is 1. The van der Waals surface area contributed by atoms with E-state index in [4.69, 9.17) is 16.6 Å². The lowest BCUT2D eigenvalue weighted by atomic mass is 9.98. The topological polar surface area (TPSA) is 188 Å². The third kappa shape index (κ3) is 7.75. The van der Waals surface area contributed by atoms with Gasteiger partial charge in [0.05, 0.1) is 6.61 Å². The maximum Gasteiger partial charge on any atom is 0.326 e. The number of rotatable bonds is 13. The molecule has 5 atom stereocenters. The van der Waals surface area contributed by atoms with Crippen LogP contribution in [0.3, 0.4) is 0 Å². The van der Waals surface area contributed by atoms with Gasteiger partial charge in [-0.2, -0.15) is 0 Å². The van der Waals surface area contributed by atoms with Gasteiger partial charge in [0.1, 0.15) is 24.2 Å². The molecule has 0 aromatic carbocycles. The van der Waals surface area contributed by atoms with Gasteiger partial charge in [0, 0.05) is 6.54 Å². The maximum absolute atomic E-state index is 13.2. The molecule has 1 aliphatic rings. The molecule has 0 spiro atoms. The second-order valence-electron chi connectivity index (χ2n) is 8.03. The highest BCUT2D eigenvalue weighted by Gasteiger charge is 2.39. The van der Waals surface area contributed by atoms with Crippen molar-refractivity contribution in [1.29, 1.82) is 0 Å². The van der Waals surface area contributed by atoms with E-state index in [2.05, 4.69) is 10.6 Å². The van der Waals surface area contributed by atoms with E-state index in [1.807, 2.05) is 6.92 Å². The van der Waals surface area contributed by atoms with E-state index in [0.717, 1.165) is 0 Å². The lowest BCUT2D eigenvalue weighted by molar-refractivity contribution is -0.146. The Hall–Kier alpha value is -2.24. The van der Waals surface area contributed by atoms with Crippen molar-refractivity contribution < 1.29 is 29.4 Å². The predicted molar refractivity (Wildman–Crippen MR) is 114 cm³/mol. The Morgan fingerprint density at radius 2 is 1.87 bits per heavy atom. The van der Waals surface area contributed by atoms with Crippen LogP contribution in [-0.2, 0) is 19.2 Å². The number of hydrogen-bond acceptors (Lipinski definition) is 7. The molecule has 1 rings (SSSR count). The Kier molecular flexibility index (Phi) is 11.4. The number of aliphatic hydroxyl groups is 1. The molecule has 3 amide bonds. The van der Waals surface area contributed by atoms with Crippen LogP contribution in [0.25, 0.3) is 0 Å². The van der Waals surface area contributed by atoms with Gasteiger partial charge in [0.25, 0.3) is 0 Å². The van der Waals surface area contributed by atoms with E-state index in [9.17, 15) is 24.3 Å². The van der Waals surface area contributed by atoms with Crippen LogP contribution in [-0.4, -0.2) is 82.7 Å². The van der Waals surface area contributed by atoms with Crippen molar-refractivity contribution in [2.45, 2.75) is 76.5 Å². The minimum absolute atomic E-state index is 0.268. The molecule has 0 radical (unpaired) electrons. The quantitative estimate of drug-likeness (QED) is 0.186. The molecule has 0 aliphatic carbocycles. The number of nitrogens with two attached hydrogens (primary N) is 2. The molecule has 1 fully saturated rings. The van der Waals surface area contributed by atoms with Crippen LogP contribution in [0.15, 0.2) is 0 Å². The van der Waals surface area contributed by atoms with Crippen molar-refractivity contribution in [2.75, 3.05) is 19.7 Å². The average Bonchev–Trinajstić information content (AvgIpc) is 3.24. The van der Waals surface area contributed by atoms with Crippen LogP contribution < -0.4 is 22.1 Å². The monoisotopic (exact) mass is 443 g/mol. The third-order valence-corrected chi connectivity index (χ3v) is 5.71. The van der Waals surface area contributed by atoms with Crippen LogP contribution in [0.1, 0.15) is 52.4 Å². The van der Waals surface area contributed by atoms with Crippen molar-refractivity contribution >= 4 is 23.7 Å². The number of carbonyl (C=O) groups is 4. The van der Waals surface area contributed by atoms with Gasteiger partial charge >= 0.3 is 5.97 Å².